The summed E-state index contributed by atoms with van der Waals surface area (Å²) in [5.41, 5.74) is 15.2. The lowest BCUT2D eigenvalue weighted by atomic mass is 10.3. The zero-order valence-electron chi connectivity index (χ0n) is 7.58. The topological polar surface area (TPSA) is 145 Å². The van der Waals surface area contributed by atoms with Gasteiger partial charge in [0.1, 0.15) is 5.75 Å². The van der Waals surface area contributed by atoms with Gasteiger partial charge in [0, 0.05) is 0 Å². The number of nitrogens with zero attached hydrogens (tertiary/aromatic N) is 1. The number of benzene rings is 1. The van der Waals surface area contributed by atoms with Crippen molar-refractivity contribution >= 4 is 21.7 Å². The molecule has 0 saturated heterocycles. The van der Waals surface area contributed by atoms with Gasteiger partial charge in [-0.1, -0.05) is 0 Å². The molecule has 0 bridgehead atoms. The fourth-order valence-corrected chi connectivity index (χ4v) is 1.78. The molecule has 0 heterocycles. The SMILES string of the molecule is NC(N)=NS(=O)(=O)c1ccc(O)c(N)c1. The van der Waals surface area contributed by atoms with Gasteiger partial charge in [-0.15, -0.1) is 4.40 Å². The molecule has 7 nitrogen and oxygen atoms in total. The number of guanidine groups is 1. The first-order valence-electron chi connectivity index (χ1n) is 3.77. The van der Waals surface area contributed by atoms with Crippen LogP contribution in [0.25, 0.3) is 0 Å². The smallest absolute Gasteiger partial charge is 0.285 e. The quantitative estimate of drug-likeness (QED) is 0.220. The predicted molar refractivity (Wildman–Crippen MR) is 55.5 cm³/mol. The van der Waals surface area contributed by atoms with Crippen LogP contribution in [0.3, 0.4) is 0 Å². The Hall–Kier alpha value is -1.96. The summed E-state index contributed by atoms with van der Waals surface area (Å²) in [5, 5.41) is 9.09. The van der Waals surface area contributed by atoms with E-state index in [-0.39, 0.29) is 16.3 Å². The van der Waals surface area contributed by atoms with Crippen LogP contribution in [-0.4, -0.2) is 19.5 Å². The van der Waals surface area contributed by atoms with Gasteiger partial charge in [0.05, 0.1) is 10.6 Å². The number of hydrogen-bond donors (Lipinski definition) is 4. The van der Waals surface area contributed by atoms with Crippen LogP contribution in [0.15, 0.2) is 27.5 Å². The molecule has 1 aromatic rings. The zero-order chi connectivity index (χ0) is 11.6. The number of nitrogen functional groups attached to an aromatic ring is 1. The monoisotopic (exact) mass is 230 g/mol. The molecule has 1 aromatic carbocycles. The van der Waals surface area contributed by atoms with E-state index in [1.165, 1.54) is 0 Å². The lowest BCUT2D eigenvalue weighted by molar-refractivity contribution is 0.477. The second-order valence-corrected chi connectivity index (χ2v) is 4.32. The molecule has 0 amide bonds. The van der Waals surface area contributed by atoms with E-state index in [0.29, 0.717) is 0 Å². The van der Waals surface area contributed by atoms with Crippen LogP contribution in [0.5, 0.6) is 5.75 Å². The van der Waals surface area contributed by atoms with Gasteiger partial charge < -0.3 is 22.3 Å². The Morgan fingerprint density at radius 2 is 1.93 bits per heavy atom. The highest BCUT2D eigenvalue weighted by molar-refractivity contribution is 7.90. The average Bonchev–Trinajstić information content (AvgIpc) is 2.07. The Kier molecular flexibility index (Phi) is 2.71. The third-order valence-electron chi connectivity index (χ3n) is 1.52. The van der Waals surface area contributed by atoms with Crippen molar-refractivity contribution in [3.8, 4) is 5.75 Å². The molecule has 1 rings (SSSR count). The highest BCUT2D eigenvalue weighted by Gasteiger charge is 2.14. The Morgan fingerprint density at radius 1 is 1.33 bits per heavy atom. The molecule has 82 valence electrons. The van der Waals surface area contributed by atoms with E-state index in [2.05, 4.69) is 4.40 Å². The van der Waals surface area contributed by atoms with E-state index in [0.717, 1.165) is 18.2 Å². The predicted octanol–water partition coefficient (Wildman–Crippen LogP) is -1.06. The van der Waals surface area contributed by atoms with Crippen LogP contribution in [0, 0.1) is 0 Å². The normalized spacial score (nSPS) is 10.9. The molecule has 0 aliphatic rings. The number of anilines is 1. The molecule has 0 aromatic heterocycles. The van der Waals surface area contributed by atoms with E-state index in [4.69, 9.17) is 22.3 Å². The van der Waals surface area contributed by atoms with Crippen LogP contribution >= 0.6 is 0 Å². The largest absolute Gasteiger partial charge is 0.506 e. The molecule has 8 heteroatoms. The first kappa shape index (κ1) is 11.1. The summed E-state index contributed by atoms with van der Waals surface area (Å²) in [6.07, 6.45) is 0. The summed E-state index contributed by atoms with van der Waals surface area (Å²) in [7, 11) is -3.95. The standard InChI is InChI=1S/C7H10N4O3S/c8-5-3-4(1-2-6(5)12)15(13,14)11-7(9)10/h1-3,12H,8H2,(H4,9,10,11). The molecule has 0 aliphatic carbocycles. The summed E-state index contributed by atoms with van der Waals surface area (Å²) in [6, 6.07) is 3.36. The summed E-state index contributed by atoms with van der Waals surface area (Å²) in [6.45, 7) is 0. The van der Waals surface area contributed by atoms with E-state index >= 15 is 0 Å². The van der Waals surface area contributed by atoms with Gasteiger partial charge >= 0.3 is 0 Å². The average molecular weight is 230 g/mol. The van der Waals surface area contributed by atoms with Crippen molar-refractivity contribution in [3.05, 3.63) is 18.2 Å². The van der Waals surface area contributed by atoms with Gasteiger partial charge in [0.25, 0.3) is 10.0 Å². The van der Waals surface area contributed by atoms with Crippen LogP contribution in [0.1, 0.15) is 0 Å². The summed E-state index contributed by atoms with van der Waals surface area (Å²) in [5.74, 6) is -0.778. The van der Waals surface area contributed by atoms with Gasteiger partial charge in [-0.3, -0.25) is 0 Å². The van der Waals surface area contributed by atoms with Crippen molar-refractivity contribution in [2.24, 2.45) is 15.9 Å². The summed E-state index contributed by atoms with van der Waals surface area (Å²) < 4.78 is 25.9. The molecule has 0 saturated carbocycles. The van der Waals surface area contributed by atoms with Crippen LogP contribution in [0.4, 0.5) is 5.69 Å². The lowest BCUT2D eigenvalue weighted by Crippen LogP contribution is -2.24. The van der Waals surface area contributed by atoms with Gasteiger partial charge in [-0.05, 0) is 18.2 Å². The minimum Gasteiger partial charge on any atom is -0.506 e. The number of nitrogens with two attached hydrogens (primary N) is 3. The first-order chi connectivity index (χ1) is 6.83. The molecule has 0 radical (unpaired) electrons. The summed E-state index contributed by atoms with van der Waals surface area (Å²) in [4.78, 5) is -0.189. The number of phenolic OH excluding ortho intramolecular Hbond substituents is 1. The molecule has 0 spiro atoms. The third-order valence-corrected chi connectivity index (χ3v) is 2.82. The third kappa shape index (κ3) is 2.50. The highest BCUT2D eigenvalue weighted by Crippen LogP contribution is 2.23. The number of phenols is 1. The Labute approximate surface area is 86.3 Å². The molecule has 7 N–H and O–H groups in total. The number of aromatic hydroxyl groups is 1. The zero-order valence-corrected chi connectivity index (χ0v) is 8.40. The second kappa shape index (κ2) is 3.65. The number of rotatable bonds is 2. The van der Waals surface area contributed by atoms with E-state index in [9.17, 15) is 8.42 Å². The minimum absolute atomic E-state index is 0.0677. The molecular formula is C7H10N4O3S. The Bertz CT molecular complexity index is 505. The molecule has 0 aliphatic heterocycles. The van der Waals surface area contributed by atoms with Crippen molar-refractivity contribution in [1.29, 1.82) is 0 Å². The van der Waals surface area contributed by atoms with E-state index in [1.807, 2.05) is 0 Å². The fraction of sp³-hybridized carbons (Fsp3) is 0. The summed E-state index contributed by atoms with van der Waals surface area (Å²) >= 11 is 0. The molecular weight excluding hydrogens is 220 g/mol. The van der Waals surface area contributed by atoms with E-state index in [1.54, 1.807) is 0 Å². The molecule has 15 heavy (non-hydrogen) atoms. The first-order valence-corrected chi connectivity index (χ1v) is 5.21. The van der Waals surface area contributed by atoms with Crippen LogP contribution < -0.4 is 17.2 Å². The van der Waals surface area contributed by atoms with Crippen molar-refractivity contribution in [2.75, 3.05) is 5.73 Å². The van der Waals surface area contributed by atoms with Crippen molar-refractivity contribution in [3.63, 3.8) is 0 Å². The highest BCUT2D eigenvalue weighted by atomic mass is 32.2. The fourth-order valence-electron chi connectivity index (χ4n) is 0.885. The maximum Gasteiger partial charge on any atom is 0.285 e. The Balaban J connectivity index is 3.29. The molecule has 0 fully saturated rings. The minimum atomic E-state index is -3.95. The molecule has 0 atom stereocenters. The number of hydrogen-bond acceptors (Lipinski definition) is 4. The van der Waals surface area contributed by atoms with Gasteiger partial charge in [-0.2, -0.15) is 8.42 Å². The van der Waals surface area contributed by atoms with Gasteiger partial charge in [0.15, 0.2) is 0 Å². The number of sulfonamides is 1. The molecule has 0 unspecified atom stereocenters. The van der Waals surface area contributed by atoms with Crippen LogP contribution in [0.2, 0.25) is 0 Å². The van der Waals surface area contributed by atoms with Crippen molar-refractivity contribution < 1.29 is 13.5 Å². The Morgan fingerprint density at radius 3 is 2.40 bits per heavy atom. The van der Waals surface area contributed by atoms with E-state index < -0.39 is 16.0 Å². The maximum atomic E-state index is 11.4. The van der Waals surface area contributed by atoms with Gasteiger partial charge in [-0.25, -0.2) is 0 Å². The maximum absolute atomic E-state index is 11.4. The van der Waals surface area contributed by atoms with Crippen LogP contribution in [-0.2, 0) is 10.0 Å². The van der Waals surface area contributed by atoms with Gasteiger partial charge in [0.2, 0.25) is 5.96 Å². The second-order valence-electron chi connectivity index (χ2n) is 2.71. The lowest BCUT2D eigenvalue weighted by Gasteiger charge is -2.02. The van der Waals surface area contributed by atoms with Crippen molar-refractivity contribution in [2.45, 2.75) is 4.90 Å². The van der Waals surface area contributed by atoms with Crippen molar-refractivity contribution in [1.82, 2.24) is 0 Å².